The van der Waals surface area contributed by atoms with Crippen LogP contribution < -0.4 is 20.1 Å². The Balaban J connectivity index is 1.11. The third kappa shape index (κ3) is 8.50. The minimum Gasteiger partial charge on any atom is -0.456 e. The summed E-state index contributed by atoms with van der Waals surface area (Å²) < 4.78 is 19.3. The Bertz CT molecular complexity index is 2010. The molecule has 0 radical (unpaired) electrons. The van der Waals surface area contributed by atoms with Crippen LogP contribution in [0.2, 0.25) is 0 Å². The summed E-state index contributed by atoms with van der Waals surface area (Å²) in [4.78, 5) is 13.0. The van der Waals surface area contributed by atoms with Crippen LogP contribution >= 0.6 is 0 Å². The molecule has 4 N–H and O–H groups in total. The number of hydrogen-bond donors (Lipinski definition) is 4. The summed E-state index contributed by atoms with van der Waals surface area (Å²) in [5.41, 5.74) is 3.50. The van der Waals surface area contributed by atoms with E-state index in [0.29, 0.717) is 75.8 Å². The number of benzene rings is 4. The van der Waals surface area contributed by atoms with Gasteiger partial charge in [0.2, 0.25) is 17.6 Å². The van der Waals surface area contributed by atoms with Crippen LogP contribution in [-0.4, -0.2) is 59.9 Å². The van der Waals surface area contributed by atoms with Crippen molar-refractivity contribution < 1.29 is 19.0 Å². The third-order valence-electron chi connectivity index (χ3n) is 9.52. The number of amides is 1. The number of carbonyl (C=O) groups excluding carboxylic acids is 1. The second-order valence-electron chi connectivity index (χ2n) is 13.5. The van der Waals surface area contributed by atoms with Gasteiger partial charge < -0.3 is 24.8 Å². The Morgan fingerprint density at radius 1 is 0.774 bits per heavy atom. The lowest BCUT2D eigenvalue weighted by atomic mass is 9.72. The first-order valence-corrected chi connectivity index (χ1v) is 17.8. The van der Waals surface area contributed by atoms with Gasteiger partial charge >= 0.3 is 0 Å². The molecule has 0 saturated heterocycles. The molecule has 1 amide bonds. The van der Waals surface area contributed by atoms with Crippen LogP contribution in [0.1, 0.15) is 45.6 Å². The van der Waals surface area contributed by atoms with Crippen molar-refractivity contribution >= 4 is 17.3 Å². The molecule has 0 bridgehead atoms. The van der Waals surface area contributed by atoms with Crippen LogP contribution in [0.5, 0.6) is 23.0 Å². The highest BCUT2D eigenvalue weighted by Crippen LogP contribution is 2.40. The second-order valence-corrected chi connectivity index (χ2v) is 13.5. The van der Waals surface area contributed by atoms with Crippen LogP contribution in [0, 0.1) is 17.8 Å². The maximum Gasteiger partial charge on any atom is 0.250 e. The van der Waals surface area contributed by atoms with Crippen molar-refractivity contribution in [3.8, 4) is 45.8 Å². The van der Waals surface area contributed by atoms with Crippen LogP contribution in [0.25, 0.3) is 22.8 Å². The normalized spacial score (nSPS) is 17.0. The van der Waals surface area contributed by atoms with Crippen molar-refractivity contribution in [3.63, 3.8) is 0 Å². The smallest absolute Gasteiger partial charge is 0.250 e. The lowest BCUT2D eigenvalue weighted by Crippen LogP contribution is -2.38. The second kappa shape index (κ2) is 16.5. The van der Waals surface area contributed by atoms with Crippen LogP contribution in [-0.2, 0) is 16.1 Å². The average Bonchev–Trinajstić information content (AvgIpc) is 3.90. The van der Waals surface area contributed by atoms with Gasteiger partial charge in [-0.05, 0) is 89.2 Å². The first-order chi connectivity index (χ1) is 25.9. The topological polar surface area (TPSA) is 178 Å². The number of ether oxygens (including phenoxy) is 3. The number of nitrogens with zero attached hydrogens (tertiary/aromatic N) is 6. The quantitative estimate of drug-likeness (QED) is 0.0871. The molecule has 2 aromatic heterocycles. The van der Waals surface area contributed by atoms with Gasteiger partial charge in [0.05, 0.1) is 22.8 Å². The van der Waals surface area contributed by atoms with Crippen molar-refractivity contribution in [2.24, 2.45) is 17.8 Å². The van der Waals surface area contributed by atoms with Gasteiger partial charge in [-0.3, -0.25) is 4.79 Å². The molecule has 7 rings (SSSR count). The van der Waals surface area contributed by atoms with E-state index in [9.17, 15) is 4.79 Å². The highest BCUT2D eigenvalue weighted by molar-refractivity contribution is 5.92. The molecule has 272 valence electrons. The highest BCUT2D eigenvalue weighted by atomic mass is 16.5. The van der Waals surface area contributed by atoms with E-state index in [1.807, 2.05) is 91.0 Å². The summed E-state index contributed by atoms with van der Waals surface area (Å²) in [6.45, 7) is 7.09. The zero-order valence-corrected chi connectivity index (χ0v) is 29.8. The lowest BCUT2D eigenvalue weighted by molar-refractivity contribution is -0.126. The number of aromatic amines is 2. The zero-order chi connectivity index (χ0) is 36.6. The van der Waals surface area contributed by atoms with Crippen molar-refractivity contribution in [2.75, 3.05) is 17.2 Å². The van der Waals surface area contributed by atoms with Crippen LogP contribution in [0.3, 0.4) is 0 Å². The molecule has 14 heteroatoms. The van der Waals surface area contributed by atoms with E-state index in [4.69, 9.17) is 14.2 Å². The summed E-state index contributed by atoms with van der Waals surface area (Å²) in [5, 5.41) is 35.5. The molecule has 3 atom stereocenters. The third-order valence-corrected chi connectivity index (χ3v) is 9.52. The van der Waals surface area contributed by atoms with E-state index in [2.05, 4.69) is 72.7 Å². The summed E-state index contributed by atoms with van der Waals surface area (Å²) >= 11 is 0. The van der Waals surface area contributed by atoms with E-state index < -0.39 is 0 Å². The fourth-order valence-electron chi connectivity index (χ4n) is 7.13. The molecular weight excluding hydrogens is 672 g/mol. The molecule has 6 aromatic rings. The number of carbonyl (C=O) groups is 1. The van der Waals surface area contributed by atoms with E-state index in [-0.39, 0.29) is 18.6 Å². The number of H-pyrrole nitrogens is 2. The van der Waals surface area contributed by atoms with Gasteiger partial charge in [0.1, 0.15) is 29.6 Å². The van der Waals surface area contributed by atoms with Crippen LogP contribution in [0.4, 0.5) is 11.4 Å². The van der Waals surface area contributed by atoms with Gasteiger partial charge in [-0.25, -0.2) is 0 Å². The van der Waals surface area contributed by atoms with Gasteiger partial charge in [-0.2, -0.15) is 10.4 Å². The van der Waals surface area contributed by atoms with Crippen LogP contribution in [0.15, 0.2) is 91.0 Å². The Hall–Kier alpha value is -6.15. The fraction of sp³-hybridized carbons (Fsp3) is 0.308. The lowest BCUT2D eigenvalue weighted by Gasteiger charge is -2.38. The molecule has 3 unspecified atom stereocenters. The molecule has 2 heterocycles. The van der Waals surface area contributed by atoms with Crippen molar-refractivity contribution in [1.82, 2.24) is 41.2 Å². The number of hydrogen-bond acceptors (Lipinski definition) is 11. The van der Waals surface area contributed by atoms with E-state index in [0.717, 1.165) is 24.1 Å². The van der Waals surface area contributed by atoms with Crippen molar-refractivity contribution in [3.05, 3.63) is 96.6 Å². The number of rotatable bonds is 14. The standard InChI is InChI=1S/C39H42N10O4/c1-24(2)37-25(3)11-8-20-35(37)51-23-36(50)41-27-13-9-12-26(21-27)40-22-30-33(52-31-16-6-4-14-28(31)38-42-46-47-43-38)18-10-19-34(30)53-32-17-7-5-15-29(32)39-44-48-49-45-39/h4-7,9-10,12-19,21,24-25,35,37,40H,8,11,20,22-23H2,1-3H3,(H,41,50)(H,42,43,46,47)(H,44,45,48,49). The average molecular weight is 715 g/mol. The molecule has 1 aliphatic rings. The predicted octanol–water partition coefficient (Wildman–Crippen LogP) is 7.66. The minimum atomic E-state index is -0.183. The number of anilines is 2. The maximum absolute atomic E-state index is 13.0. The van der Waals surface area contributed by atoms with Gasteiger partial charge in [0.15, 0.2) is 0 Å². The molecule has 0 aliphatic heterocycles. The summed E-state index contributed by atoms with van der Waals surface area (Å²) in [7, 11) is 0. The molecule has 1 aliphatic carbocycles. The van der Waals surface area contributed by atoms with Crippen molar-refractivity contribution in [2.45, 2.75) is 52.7 Å². The first kappa shape index (κ1) is 35.3. The summed E-state index contributed by atoms with van der Waals surface area (Å²) in [5.74, 6) is 4.32. The van der Waals surface area contributed by atoms with Gasteiger partial charge in [-0.1, -0.05) is 70.0 Å². The van der Waals surface area contributed by atoms with E-state index in [1.165, 1.54) is 6.42 Å². The Kier molecular flexibility index (Phi) is 11.0. The molecule has 1 fully saturated rings. The summed E-state index contributed by atoms with van der Waals surface area (Å²) in [6.07, 6.45) is 3.42. The SMILES string of the molecule is CC(C)C1C(C)CCCC1OCC(=O)Nc1cccc(NCc2c(Oc3ccccc3-c3nn[nH]n3)cccc2Oc2ccccc2-c2nn[nH]n2)c1. The molecule has 0 spiro atoms. The molecule has 1 saturated carbocycles. The van der Waals surface area contributed by atoms with E-state index in [1.54, 1.807) is 0 Å². The molecule has 53 heavy (non-hydrogen) atoms. The maximum atomic E-state index is 13.0. The Labute approximate surface area is 307 Å². The number of para-hydroxylation sites is 2. The molecule has 14 nitrogen and oxygen atoms in total. The summed E-state index contributed by atoms with van der Waals surface area (Å²) in [6, 6.07) is 28.1. The molecular formula is C39H42N10O4. The molecule has 4 aromatic carbocycles. The zero-order valence-electron chi connectivity index (χ0n) is 29.8. The Morgan fingerprint density at radius 2 is 1.36 bits per heavy atom. The number of aromatic nitrogens is 8. The monoisotopic (exact) mass is 714 g/mol. The van der Waals surface area contributed by atoms with Gasteiger partial charge in [0.25, 0.3) is 0 Å². The number of tetrazole rings is 2. The minimum absolute atomic E-state index is 0.0142. The predicted molar refractivity (Wildman–Crippen MR) is 199 cm³/mol. The first-order valence-electron chi connectivity index (χ1n) is 17.8. The fourth-order valence-corrected chi connectivity index (χ4v) is 7.13. The Morgan fingerprint density at radius 3 is 1.96 bits per heavy atom. The van der Waals surface area contributed by atoms with E-state index >= 15 is 0 Å². The van der Waals surface area contributed by atoms with Gasteiger partial charge in [0, 0.05) is 17.9 Å². The van der Waals surface area contributed by atoms with Gasteiger partial charge in [-0.15, -0.1) is 20.4 Å². The number of nitrogens with one attached hydrogen (secondary N) is 4. The largest absolute Gasteiger partial charge is 0.456 e. The highest BCUT2D eigenvalue weighted by Gasteiger charge is 2.33. The van der Waals surface area contributed by atoms with Crippen molar-refractivity contribution in [1.29, 1.82) is 0 Å².